The lowest BCUT2D eigenvalue weighted by molar-refractivity contribution is -0.136. The first kappa shape index (κ1) is 17.4. The van der Waals surface area contributed by atoms with Crippen LogP contribution in [0.3, 0.4) is 0 Å². The van der Waals surface area contributed by atoms with E-state index in [4.69, 9.17) is 37.8 Å². The molecule has 0 amide bonds. The minimum Gasteiger partial charge on any atom is -0.490 e. The molecule has 6 heteroatoms. The number of carbonyl (C=O) groups is 1. The summed E-state index contributed by atoms with van der Waals surface area (Å²) in [5.41, 5.74) is 0.857. The molecule has 0 radical (unpaired) electrons. The fraction of sp³-hybridized carbons (Fsp3) is 0.235. The summed E-state index contributed by atoms with van der Waals surface area (Å²) in [7, 11) is 0. The maximum atomic E-state index is 10.7. The van der Waals surface area contributed by atoms with Crippen molar-refractivity contribution in [3.05, 3.63) is 58.1 Å². The van der Waals surface area contributed by atoms with E-state index in [1.165, 1.54) is 0 Å². The highest BCUT2D eigenvalue weighted by Crippen LogP contribution is 2.27. The molecule has 2 aromatic carbocycles. The lowest BCUT2D eigenvalue weighted by Gasteiger charge is -2.12. The van der Waals surface area contributed by atoms with E-state index in [0.29, 0.717) is 41.2 Å². The van der Waals surface area contributed by atoms with E-state index in [0.717, 1.165) is 5.56 Å². The number of halogens is 2. The average Bonchev–Trinajstić information content (AvgIpc) is 2.53. The van der Waals surface area contributed by atoms with Gasteiger partial charge in [0, 0.05) is 17.5 Å². The Balaban J connectivity index is 1.86. The molecule has 0 aliphatic rings. The summed E-state index contributed by atoms with van der Waals surface area (Å²) >= 11 is 11.9. The van der Waals surface area contributed by atoms with Gasteiger partial charge in [0.2, 0.25) is 0 Å². The summed E-state index contributed by atoms with van der Waals surface area (Å²) in [6.45, 7) is 0.611. The van der Waals surface area contributed by atoms with Gasteiger partial charge in [-0.1, -0.05) is 41.4 Å². The molecule has 0 bridgehead atoms. The molecule has 2 aromatic rings. The van der Waals surface area contributed by atoms with Gasteiger partial charge in [-0.3, -0.25) is 4.79 Å². The third-order valence-corrected chi connectivity index (χ3v) is 3.62. The van der Waals surface area contributed by atoms with Crippen molar-refractivity contribution in [1.29, 1.82) is 0 Å². The predicted molar refractivity (Wildman–Crippen MR) is 89.9 cm³/mol. The Kier molecular flexibility index (Phi) is 6.56. The number of aryl methyl sites for hydroxylation is 1. The number of carboxylic acid groups (broad SMARTS) is 1. The molecule has 0 saturated carbocycles. The van der Waals surface area contributed by atoms with E-state index in [2.05, 4.69) is 0 Å². The lowest BCUT2D eigenvalue weighted by atomic mass is 10.1. The lowest BCUT2D eigenvalue weighted by Crippen LogP contribution is -2.10. The summed E-state index contributed by atoms with van der Waals surface area (Å²) in [6, 6.07) is 12.4. The second-order valence-corrected chi connectivity index (χ2v) is 5.62. The van der Waals surface area contributed by atoms with Crippen LogP contribution in [0.2, 0.25) is 10.0 Å². The predicted octanol–water partition coefficient (Wildman–Crippen LogP) is 4.47. The minimum atomic E-state index is -0.835. The van der Waals surface area contributed by atoms with Gasteiger partial charge in [-0.25, -0.2) is 0 Å². The SMILES string of the molecule is O=C(O)CCc1ccccc1OCCOc1cc(Cl)ccc1Cl. The van der Waals surface area contributed by atoms with Gasteiger partial charge in [-0.2, -0.15) is 0 Å². The van der Waals surface area contributed by atoms with Crippen LogP contribution < -0.4 is 9.47 Å². The third kappa shape index (κ3) is 5.66. The van der Waals surface area contributed by atoms with Crippen molar-refractivity contribution in [2.45, 2.75) is 12.8 Å². The average molecular weight is 355 g/mol. The van der Waals surface area contributed by atoms with Crippen LogP contribution in [-0.2, 0) is 11.2 Å². The van der Waals surface area contributed by atoms with Crippen molar-refractivity contribution in [3.63, 3.8) is 0 Å². The Morgan fingerprint density at radius 3 is 2.43 bits per heavy atom. The van der Waals surface area contributed by atoms with E-state index in [9.17, 15) is 4.79 Å². The molecule has 0 saturated heterocycles. The Morgan fingerprint density at radius 2 is 1.70 bits per heavy atom. The van der Waals surface area contributed by atoms with Crippen LogP contribution in [0.1, 0.15) is 12.0 Å². The van der Waals surface area contributed by atoms with Crippen LogP contribution in [0.15, 0.2) is 42.5 Å². The normalized spacial score (nSPS) is 10.3. The summed E-state index contributed by atoms with van der Waals surface area (Å²) in [4.78, 5) is 10.7. The molecule has 4 nitrogen and oxygen atoms in total. The zero-order valence-corrected chi connectivity index (χ0v) is 13.8. The van der Waals surface area contributed by atoms with Crippen molar-refractivity contribution in [3.8, 4) is 11.5 Å². The quantitative estimate of drug-likeness (QED) is 0.710. The summed E-state index contributed by atoms with van der Waals surface area (Å²) < 4.78 is 11.2. The standard InChI is InChI=1S/C17H16Cl2O4/c18-13-6-7-14(19)16(11-13)23-10-9-22-15-4-2-1-3-12(15)5-8-17(20)21/h1-4,6-7,11H,5,8-10H2,(H,20,21). The van der Waals surface area contributed by atoms with E-state index in [1.54, 1.807) is 18.2 Å². The highest BCUT2D eigenvalue weighted by Gasteiger charge is 2.06. The number of hydrogen-bond acceptors (Lipinski definition) is 3. The number of rotatable bonds is 8. The van der Waals surface area contributed by atoms with Crippen molar-refractivity contribution < 1.29 is 19.4 Å². The summed E-state index contributed by atoms with van der Waals surface area (Å²) in [5, 5.41) is 9.80. The molecule has 0 aliphatic carbocycles. The van der Waals surface area contributed by atoms with Crippen LogP contribution >= 0.6 is 23.2 Å². The van der Waals surface area contributed by atoms with Gasteiger partial charge in [0.1, 0.15) is 24.7 Å². The molecule has 0 atom stereocenters. The molecule has 0 fully saturated rings. The van der Waals surface area contributed by atoms with Gasteiger partial charge in [0.15, 0.2) is 0 Å². The fourth-order valence-electron chi connectivity index (χ4n) is 1.98. The maximum Gasteiger partial charge on any atom is 0.303 e. The van der Waals surface area contributed by atoms with E-state index in [1.807, 2.05) is 24.3 Å². The molecule has 0 aromatic heterocycles. The molecule has 1 N–H and O–H groups in total. The minimum absolute atomic E-state index is 0.0645. The number of aliphatic carboxylic acids is 1. The Labute approximate surface area is 144 Å². The van der Waals surface area contributed by atoms with Gasteiger partial charge in [-0.15, -0.1) is 0 Å². The first-order valence-electron chi connectivity index (χ1n) is 7.06. The largest absolute Gasteiger partial charge is 0.490 e. The number of para-hydroxylation sites is 1. The van der Waals surface area contributed by atoms with E-state index in [-0.39, 0.29) is 6.42 Å². The van der Waals surface area contributed by atoms with Gasteiger partial charge in [0.25, 0.3) is 0 Å². The molecular weight excluding hydrogens is 339 g/mol. The zero-order chi connectivity index (χ0) is 16.7. The van der Waals surface area contributed by atoms with Crippen LogP contribution in [-0.4, -0.2) is 24.3 Å². The Morgan fingerprint density at radius 1 is 1.00 bits per heavy atom. The number of benzene rings is 2. The molecule has 23 heavy (non-hydrogen) atoms. The molecule has 2 rings (SSSR count). The number of hydrogen-bond donors (Lipinski definition) is 1. The highest BCUT2D eigenvalue weighted by atomic mass is 35.5. The monoisotopic (exact) mass is 354 g/mol. The molecular formula is C17H16Cl2O4. The van der Waals surface area contributed by atoms with Crippen molar-refractivity contribution >= 4 is 29.2 Å². The second kappa shape index (κ2) is 8.65. The van der Waals surface area contributed by atoms with E-state index < -0.39 is 5.97 Å². The maximum absolute atomic E-state index is 10.7. The van der Waals surface area contributed by atoms with Gasteiger partial charge in [0.05, 0.1) is 5.02 Å². The smallest absolute Gasteiger partial charge is 0.303 e. The van der Waals surface area contributed by atoms with Crippen LogP contribution in [0.4, 0.5) is 0 Å². The Bertz CT molecular complexity index is 673. The van der Waals surface area contributed by atoms with Crippen LogP contribution in [0, 0.1) is 0 Å². The van der Waals surface area contributed by atoms with Crippen molar-refractivity contribution in [2.24, 2.45) is 0 Å². The third-order valence-electron chi connectivity index (χ3n) is 3.07. The first-order chi connectivity index (χ1) is 11.1. The topological polar surface area (TPSA) is 55.8 Å². The molecule has 122 valence electrons. The molecule has 0 heterocycles. The zero-order valence-electron chi connectivity index (χ0n) is 12.3. The highest BCUT2D eigenvalue weighted by molar-refractivity contribution is 6.34. The summed E-state index contributed by atoms with van der Waals surface area (Å²) in [6.07, 6.45) is 0.488. The van der Waals surface area contributed by atoms with Gasteiger partial charge in [-0.05, 0) is 30.2 Å². The van der Waals surface area contributed by atoms with Gasteiger partial charge < -0.3 is 14.6 Å². The first-order valence-corrected chi connectivity index (χ1v) is 7.82. The number of carboxylic acids is 1. The molecule has 0 unspecified atom stereocenters. The van der Waals surface area contributed by atoms with Gasteiger partial charge >= 0.3 is 5.97 Å². The summed E-state index contributed by atoms with van der Waals surface area (Å²) in [5.74, 6) is 0.329. The Hall–Kier alpha value is -1.91. The van der Waals surface area contributed by atoms with Crippen LogP contribution in [0.5, 0.6) is 11.5 Å². The molecule has 0 spiro atoms. The van der Waals surface area contributed by atoms with Crippen LogP contribution in [0.25, 0.3) is 0 Å². The second-order valence-electron chi connectivity index (χ2n) is 4.77. The van der Waals surface area contributed by atoms with E-state index >= 15 is 0 Å². The number of ether oxygens (including phenoxy) is 2. The fourth-order valence-corrected chi connectivity index (χ4v) is 2.32. The van der Waals surface area contributed by atoms with Crippen molar-refractivity contribution in [2.75, 3.05) is 13.2 Å². The molecule has 0 aliphatic heterocycles. The van der Waals surface area contributed by atoms with Crippen molar-refractivity contribution in [1.82, 2.24) is 0 Å².